The lowest BCUT2D eigenvalue weighted by atomic mass is 10.3. The van der Waals surface area contributed by atoms with Crippen molar-refractivity contribution in [2.75, 3.05) is 12.8 Å². The van der Waals surface area contributed by atoms with E-state index in [-0.39, 0.29) is 6.61 Å². The van der Waals surface area contributed by atoms with Gasteiger partial charge in [0.05, 0.1) is 14.0 Å². The van der Waals surface area contributed by atoms with Crippen molar-refractivity contribution in [3.05, 3.63) is 0 Å². The fourth-order valence-electron chi connectivity index (χ4n) is 0.801. The Hall–Kier alpha value is 0.310. The van der Waals surface area contributed by atoms with E-state index in [1.165, 1.54) is 0 Å². The maximum atomic E-state index is 9.28. The number of rotatable bonds is 6. The molecule has 4 heteroatoms. The molecule has 0 heterocycles. The molecule has 0 aromatic rings. The molecule has 0 aromatic heterocycles. The Labute approximate surface area is 68.9 Å². The van der Waals surface area contributed by atoms with Crippen LogP contribution in [-0.4, -0.2) is 33.7 Å². The SMILES string of the molecule is CCCP(O)C(O)CCCO. The van der Waals surface area contributed by atoms with Gasteiger partial charge in [-0.05, 0) is 25.4 Å². The lowest BCUT2D eigenvalue weighted by Crippen LogP contribution is -2.06. The summed E-state index contributed by atoms with van der Waals surface area (Å²) in [6.45, 7) is 2.07. The Morgan fingerprint density at radius 2 is 2.09 bits per heavy atom. The minimum atomic E-state index is -1.21. The molecule has 0 aliphatic heterocycles. The second kappa shape index (κ2) is 6.99. The minimum absolute atomic E-state index is 0.0896. The fraction of sp³-hybridized carbons (Fsp3) is 1.00. The highest BCUT2D eigenvalue weighted by molar-refractivity contribution is 7.52. The Kier molecular flexibility index (Phi) is 7.18. The van der Waals surface area contributed by atoms with Crippen molar-refractivity contribution in [1.82, 2.24) is 0 Å². The summed E-state index contributed by atoms with van der Waals surface area (Å²) < 4.78 is 0. The second-order valence-corrected chi connectivity index (χ2v) is 4.43. The summed E-state index contributed by atoms with van der Waals surface area (Å²) in [7, 11) is -1.21. The molecule has 2 atom stereocenters. The van der Waals surface area contributed by atoms with Crippen molar-refractivity contribution >= 4 is 8.15 Å². The molecule has 2 unspecified atom stereocenters. The molecule has 0 aromatic carbocycles. The molecule has 0 rings (SSSR count). The van der Waals surface area contributed by atoms with Crippen LogP contribution in [0, 0.1) is 0 Å². The monoisotopic (exact) mass is 180 g/mol. The molecular weight excluding hydrogens is 163 g/mol. The van der Waals surface area contributed by atoms with E-state index in [0.717, 1.165) is 6.42 Å². The van der Waals surface area contributed by atoms with Crippen LogP contribution < -0.4 is 0 Å². The zero-order valence-corrected chi connectivity index (χ0v) is 7.80. The quantitative estimate of drug-likeness (QED) is 0.532. The third-order valence-electron chi connectivity index (χ3n) is 1.42. The molecule has 68 valence electrons. The standard InChI is InChI=1S/C7H17O3P/c1-2-6-11(10)7(9)4-3-5-8/h7-10H,2-6H2,1H3. The Morgan fingerprint density at radius 3 is 2.55 bits per heavy atom. The highest BCUT2D eigenvalue weighted by Crippen LogP contribution is 2.37. The van der Waals surface area contributed by atoms with E-state index in [1.54, 1.807) is 0 Å². The maximum absolute atomic E-state index is 9.28. The Bertz CT molecular complexity index is 89.8. The van der Waals surface area contributed by atoms with Crippen LogP contribution in [0.15, 0.2) is 0 Å². The molecule has 0 aliphatic carbocycles. The average Bonchev–Trinajstić information content (AvgIpc) is 2.00. The van der Waals surface area contributed by atoms with Crippen LogP contribution in [0.1, 0.15) is 26.2 Å². The molecule has 0 radical (unpaired) electrons. The van der Waals surface area contributed by atoms with E-state index >= 15 is 0 Å². The van der Waals surface area contributed by atoms with Crippen LogP contribution >= 0.6 is 8.15 Å². The number of hydrogen-bond donors (Lipinski definition) is 3. The summed E-state index contributed by atoms with van der Waals surface area (Å²) in [5.74, 6) is -0.600. The topological polar surface area (TPSA) is 60.7 Å². The summed E-state index contributed by atoms with van der Waals surface area (Å²) in [6.07, 6.45) is 2.68. The first-order chi connectivity index (χ1) is 5.22. The number of aliphatic hydroxyl groups is 2. The van der Waals surface area contributed by atoms with Crippen molar-refractivity contribution < 1.29 is 15.1 Å². The van der Waals surface area contributed by atoms with Gasteiger partial charge in [-0.2, -0.15) is 0 Å². The first kappa shape index (κ1) is 11.3. The van der Waals surface area contributed by atoms with Gasteiger partial charge in [-0.25, -0.2) is 0 Å². The molecule has 0 amide bonds. The van der Waals surface area contributed by atoms with E-state index in [2.05, 4.69) is 0 Å². The van der Waals surface area contributed by atoms with Crippen molar-refractivity contribution in [2.45, 2.75) is 32.0 Å². The Balaban J connectivity index is 3.38. The van der Waals surface area contributed by atoms with Crippen LogP contribution in [0.25, 0.3) is 0 Å². The van der Waals surface area contributed by atoms with E-state index in [0.29, 0.717) is 19.0 Å². The molecule has 11 heavy (non-hydrogen) atoms. The van der Waals surface area contributed by atoms with Gasteiger partial charge in [0.1, 0.15) is 0 Å². The molecule has 0 spiro atoms. The highest BCUT2D eigenvalue weighted by atomic mass is 31.1. The molecule has 0 aliphatic rings. The first-order valence-electron chi connectivity index (χ1n) is 3.96. The first-order valence-corrected chi connectivity index (χ1v) is 5.51. The Morgan fingerprint density at radius 1 is 1.45 bits per heavy atom. The molecule has 0 bridgehead atoms. The van der Waals surface area contributed by atoms with Gasteiger partial charge in [0.25, 0.3) is 0 Å². The number of hydrogen-bond acceptors (Lipinski definition) is 3. The summed E-state index contributed by atoms with van der Waals surface area (Å²) >= 11 is 0. The molecule has 0 saturated heterocycles. The average molecular weight is 180 g/mol. The van der Waals surface area contributed by atoms with Crippen molar-refractivity contribution in [3.63, 3.8) is 0 Å². The van der Waals surface area contributed by atoms with Gasteiger partial charge in [-0.1, -0.05) is 6.92 Å². The van der Waals surface area contributed by atoms with Crippen LogP contribution in [0.3, 0.4) is 0 Å². The van der Waals surface area contributed by atoms with Crippen molar-refractivity contribution in [1.29, 1.82) is 0 Å². The minimum Gasteiger partial charge on any atom is -0.396 e. The van der Waals surface area contributed by atoms with Gasteiger partial charge in [0.2, 0.25) is 0 Å². The molecule has 0 saturated carbocycles. The van der Waals surface area contributed by atoms with E-state index in [4.69, 9.17) is 5.11 Å². The van der Waals surface area contributed by atoms with Gasteiger partial charge in [0, 0.05) is 6.61 Å². The predicted octanol–water partition coefficient (Wildman–Crippen LogP) is 0.876. The third-order valence-corrected chi connectivity index (χ3v) is 3.27. The van der Waals surface area contributed by atoms with Gasteiger partial charge >= 0.3 is 0 Å². The van der Waals surface area contributed by atoms with Crippen LogP contribution in [0.4, 0.5) is 0 Å². The van der Waals surface area contributed by atoms with Crippen LogP contribution in [-0.2, 0) is 0 Å². The van der Waals surface area contributed by atoms with Gasteiger partial charge < -0.3 is 15.1 Å². The summed E-state index contributed by atoms with van der Waals surface area (Å²) in [4.78, 5) is 9.28. The fourth-order valence-corrected chi connectivity index (χ4v) is 2.04. The molecular formula is C7H17O3P. The zero-order chi connectivity index (χ0) is 8.69. The second-order valence-electron chi connectivity index (χ2n) is 2.51. The predicted molar refractivity (Wildman–Crippen MR) is 46.6 cm³/mol. The van der Waals surface area contributed by atoms with Crippen molar-refractivity contribution in [2.24, 2.45) is 0 Å². The molecule has 3 nitrogen and oxygen atoms in total. The van der Waals surface area contributed by atoms with Crippen LogP contribution in [0.5, 0.6) is 0 Å². The molecule has 3 N–H and O–H groups in total. The van der Waals surface area contributed by atoms with Gasteiger partial charge in [-0.3, -0.25) is 0 Å². The van der Waals surface area contributed by atoms with Gasteiger partial charge in [0.15, 0.2) is 0 Å². The smallest absolute Gasteiger partial charge is 0.0976 e. The van der Waals surface area contributed by atoms with Crippen LogP contribution in [0.2, 0.25) is 0 Å². The maximum Gasteiger partial charge on any atom is 0.0976 e. The largest absolute Gasteiger partial charge is 0.396 e. The van der Waals surface area contributed by atoms with E-state index < -0.39 is 14.0 Å². The zero-order valence-electron chi connectivity index (χ0n) is 6.90. The summed E-state index contributed by atoms with van der Waals surface area (Å²) in [5.41, 5.74) is 0. The van der Waals surface area contributed by atoms with E-state index in [1.807, 2.05) is 6.92 Å². The third kappa shape index (κ3) is 5.57. The lowest BCUT2D eigenvalue weighted by Gasteiger charge is -2.15. The van der Waals surface area contributed by atoms with E-state index in [9.17, 15) is 10.00 Å². The summed E-state index contributed by atoms with van der Waals surface area (Å²) in [6, 6.07) is 0. The lowest BCUT2D eigenvalue weighted by molar-refractivity contribution is 0.208. The highest BCUT2D eigenvalue weighted by Gasteiger charge is 2.13. The number of aliphatic hydroxyl groups excluding tert-OH is 2. The van der Waals surface area contributed by atoms with Crippen molar-refractivity contribution in [3.8, 4) is 0 Å². The van der Waals surface area contributed by atoms with Gasteiger partial charge in [-0.15, -0.1) is 0 Å². The normalized spacial score (nSPS) is 16.4. The molecule has 0 fully saturated rings. The summed E-state index contributed by atoms with van der Waals surface area (Å²) in [5, 5.41) is 17.7.